The predicted octanol–water partition coefficient (Wildman–Crippen LogP) is 3.76. The number of carbonyl (C=O) groups excluding carboxylic acids is 1. The Bertz CT molecular complexity index is 1460. The number of likely N-dealkylation sites (tertiary alicyclic amines) is 2. The number of aryl methyl sites for hydroxylation is 1. The molecule has 0 saturated carbocycles. The van der Waals surface area contributed by atoms with Crippen LogP contribution in [0.5, 0.6) is 0 Å². The monoisotopic (exact) mass is 500 g/mol. The van der Waals surface area contributed by atoms with E-state index in [0.29, 0.717) is 29.4 Å². The van der Waals surface area contributed by atoms with Gasteiger partial charge in [-0.2, -0.15) is 5.26 Å². The fourth-order valence-electron chi connectivity index (χ4n) is 5.91. The van der Waals surface area contributed by atoms with Crippen molar-refractivity contribution in [3.8, 4) is 17.3 Å². The number of imidazole rings is 1. The van der Waals surface area contributed by atoms with Crippen LogP contribution in [-0.4, -0.2) is 56.5 Å². The molecule has 4 heterocycles. The Morgan fingerprint density at radius 1 is 1.03 bits per heavy atom. The summed E-state index contributed by atoms with van der Waals surface area (Å²) < 4.78 is 3.37. The minimum atomic E-state index is -0.167. The van der Waals surface area contributed by atoms with Crippen molar-refractivity contribution in [2.75, 3.05) is 26.7 Å². The first-order valence-corrected chi connectivity index (χ1v) is 13.1. The molecule has 0 atom stereocenters. The van der Waals surface area contributed by atoms with Crippen molar-refractivity contribution in [2.24, 2.45) is 17.9 Å². The molecule has 2 aromatic heterocycles. The van der Waals surface area contributed by atoms with E-state index < -0.39 is 0 Å². The maximum absolute atomic E-state index is 12.9. The van der Waals surface area contributed by atoms with Gasteiger partial charge in [0.15, 0.2) is 5.65 Å². The number of hydrogen-bond acceptors (Lipinski definition) is 5. The van der Waals surface area contributed by atoms with Crippen LogP contribution < -0.4 is 5.69 Å². The van der Waals surface area contributed by atoms with Crippen molar-refractivity contribution in [1.82, 2.24) is 23.9 Å². The smallest absolute Gasteiger partial charge is 0.330 e. The maximum Gasteiger partial charge on any atom is 0.330 e. The number of fused-ring (bicyclic) bond motifs is 1. The number of nitriles is 1. The summed E-state index contributed by atoms with van der Waals surface area (Å²) in [7, 11) is 3.66. The lowest BCUT2D eigenvalue weighted by Crippen LogP contribution is -2.43. The van der Waals surface area contributed by atoms with Crippen molar-refractivity contribution in [3.05, 3.63) is 51.9 Å². The highest BCUT2D eigenvalue weighted by atomic mass is 16.2. The Kier molecular flexibility index (Phi) is 6.23. The maximum atomic E-state index is 12.9. The summed E-state index contributed by atoms with van der Waals surface area (Å²) in [4.78, 5) is 34.7. The van der Waals surface area contributed by atoms with Crippen molar-refractivity contribution < 1.29 is 4.79 Å². The zero-order valence-electron chi connectivity index (χ0n) is 22.5. The molecule has 2 aliphatic heterocycles. The minimum Gasteiger partial charge on any atom is -0.345 e. The molecule has 2 aliphatic rings. The number of benzene rings is 1. The number of carbonyl (C=O) groups is 1. The highest BCUT2D eigenvalue weighted by Crippen LogP contribution is 2.41. The van der Waals surface area contributed by atoms with Crippen LogP contribution >= 0.6 is 0 Å². The van der Waals surface area contributed by atoms with Crippen LogP contribution in [0.4, 0.5) is 0 Å². The van der Waals surface area contributed by atoms with Gasteiger partial charge in [-0.3, -0.25) is 18.8 Å². The zero-order valence-corrected chi connectivity index (χ0v) is 22.5. The average molecular weight is 501 g/mol. The fraction of sp³-hybridized carbons (Fsp3) is 0.517. The van der Waals surface area contributed by atoms with Crippen LogP contribution in [0.3, 0.4) is 0 Å². The van der Waals surface area contributed by atoms with Gasteiger partial charge in [0.25, 0.3) is 0 Å². The van der Waals surface area contributed by atoms with E-state index >= 15 is 0 Å². The Labute approximate surface area is 218 Å². The van der Waals surface area contributed by atoms with Gasteiger partial charge in [0, 0.05) is 39.3 Å². The topological polar surface area (TPSA) is 87.2 Å². The van der Waals surface area contributed by atoms with E-state index in [4.69, 9.17) is 4.98 Å². The first-order chi connectivity index (χ1) is 17.5. The number of pyridine rings is 1. The molecule has 0 unspecified atom stereocenters. The van der Waals surface area contributed by atoms with E-state index in [1.165, 1.54) is 0 Å². The second-order valence-corrected chi connectivity index (χ2v) is 12.1. The van der Waals surface area contributed by atoms with Gasteiger partial charge < -0.3 is 4.90 Å². The van der Waals surface area contributed by atoms with Gasteiger partial charge in [0.1, 0.15) is 0 Å². The molecule has 0 radical (unpaired) electrons. The number of piperidine rings is 1. The molecule has 2 saturated heterocycles. The van der Waals surface area contributed by atoms with Crippen LogP contribution in [0, 0.1) is 22.2 Å². The number of nitrogens with zero attached hydrogens (tertiary/aromatic N) is 6. The first-order valence-electron chi connectivity index (χ1n) is 13.1. The highest BCUT2D eigenvalue weighted by molar-refractivity contribution is 5.84. The molecule has 3 aromatic rings. The normalized spacial score (nSPS) is 18.2. The fourth-order valence-corrected chi connectivity index (χ4v) is 5.91. The van der Waals surface area contributed by atoms with E-state index in [1.807, 2.05) is 36.2 Å². The predicted molar refractivity (Wildman–Crippen MR) is 144 cm³/mol. The molecule has 5 rings (SSSR count). The van der Waals surface area contributed by atoms with E-state index in [1.54, 1.807) is 16.2 Å². The lowest BCUT2D eigenvalue weighted by molar-refractivity contribution is -0.137. The summed E-state index contributed by atoms with van der Waals surface area (Å²) in [6.07, 6.45) is 2.76. The molecule has 1 spiro atoms. The van der Waals surface area contributed by atoms with E-state index in [2.05, 4.69) is 37.8 Å². The molecule has 0 aliphatic carbocycles. The second-order valence-electron chi connectivity index (χ2n) is 12.1. The summed E-state index contributed by atoms with van der Waals surface area (Å²) in [6, 6.07) is 12.1. The van der Waals surface area contributed by atoms with Gasteiger partial charge in [0.05, 0.1) is 28.3 Å². The van der Waals surface area contributed by atoms with Gasteiger partial charge in [-0.1, -0.05) is 26.8 Å². The molecular weight excluding hydrogens is 464 g/mol. The number of aromatic nitrogens is 3. The van der Waals surface area contributed by atoms with Crippen LogP contribution in [0.1, 0.15) is 51.2 Å². The summed E-state index contributed by atoms with van der Waals surface area (Å²) in [5.41, 5.74) is 4.26. The van der Waals surface area contributed by atoms with Gasteiger partial charge >= 0.3 is 5.69 Å². The Hall–Kier alpha value is -3.44. The van der Waals surface area contributed by atoms with Crippen molar-refractivity contribution in [2.45, 2.75) is 53.1 Å². The lowest BCUT2D eigenvalue weighted by atomic mass is 9.77. The zero-order chi connectivity index (χ0) is 26.5. The number of hydrogen-bond donors (Lipinski definition) is 0. The van der Waals surface area contributed by atoms with Crippen LogP contribution in [0.25, 0.3) is 22.4 Å². The number of amides is 1. The highest BCUT2D eigenvalue weighted by Gasteiger charge is 2.46. The average Bonchev–Trinajstić information content (AvgIpc) is 3.27. The molecule has 2 fully saturated rings. The van der Waals surface area contributed by atoms with Crippen LogP contribution in [-0.2, 0) is 24.9 Å². The molecule has 8 heteroatoms. The van der Waals surface area contributed by atoms with Gasteiger partial charge in [-0.15, -0.1) is 0 Å². The molecule has 37 heavy (non-hydrogen) atoms. The van der Waals surface area contributed by atoms with Crippen LogP contribution in [0.15, 0.2) is 35.1 Å². The summed E-state index contributed by atoms with van der Waals surface area (Å²) in [5.74, 6) is 0.306. The second kappa shape index (κ2) is 9.14. The molecular formula is C29H36N6O2. The summed E-state index contributed by atoms with van der Waals surface area (Å²) in [6.45, 7) is 10.3. The summed E-state index contributed by atoms with van der Waals surface area (Å²) in [5, 5.41) is 9.82. The minimum absolute atomic E-state index is 0.0475. The lowest BCUT2D eigenvalue weighted by Gasteiger charge is -2.37. The van der Waals surface area contributed by atoms with Crippen molar-refractivity contribution >= 4 is 17.1 Å². The molecule has 194 valence electrons. The molecule has 8 nitrogen and oxygen atoms in total. The third-order valence-electron chi connectivity index (χ3n) is 8.04. The quantitative estimate of drug-likeness (QED) is 0.544. The molecule has 0 N–H and O–H groups in total. The molecule has 1 amide bonds. The van der Waals surface area contributed by atoms with Crippen molar-refractivity contribution in [3.63, 3.8) is 0 Å². The third-order valence-corrected chi connectivity index (χ3v) is 8.04. The largest absolute Gasteiger partial charge is 0.345 e. The van der Waals surface area contributed by atoms with Crippen LogP contribution in [0.2, 0.25) is 0 Å². The Morgan fingerprint density at radius 3 is 2.35 bits per heavy atom. The van der Waals surface area contributed by atoms with Gasteiger partial charge in [-0.05, 0) is 67.6 Å². The third kappa shape index (κ3) is 4.57. The van der Waals surface area contributed by atoms with Gasteiger partial charge in [0.2, 0.25) is 5.91 Å². The standard InChI is InChI=1S/C29H36N6O2/c1-28(2,3)19-35-24-9-8-23(31-25(24)33(5)27(35)37)22-16-20(6-7-21(22)17-30)18-34-14-11-29(12-15-34)10-13-32(4)26(29)36/h6-9,16H,10-15,18-19H2,1-5H3. The van der Waals surface area contributed by atoms with E-state index in [0.717, 1.165) is 62.1 Å². The summed E-state index contributed by atoms with van der Waals surface area (Å²) >= 11 is 0. The SMILES string of the molecule is CN1CCC2(CCN(Cc3ccc(C#N)c(-c4ccc5c(n4)n(C)c(=O)n5CC(C)(C)C)c3)CC2)C1=O. The van der Waals surface area contributed by atoms with E-state index in [-0.39, 0.29) is 16.5 Å². The van der Waals surface area contributed by atoms with Crippen molar-refractivity contribution in [1.29, 1.82) is 5.26 Å². The Balaban J connectivity index is 1.41. The first kappa shape index (κ1) is 25.2. The molecule has 0 bridgehead atoms. The number of rotatable bonds is 4. The molecule has 1 aromatic carbocycles. The van der Waals surface area contributed by atoms with E-state index in [9.17, 15) is 14.9 Å². The van der Waals surface area contributed by atoms with Gasteiger partial charge in [-0.25, -0.2) is 9.78 Å². The Morgan fingerprint density at radius 2 is 1.73 bits per heavy atom.